The number of aromatic nitrogens is 2. The quantitative estimate of drug-likeness (QED) is 0.292. The van der Waals surface area contributed by atoms with Crippen LogP contribution in [0.4, 0.5) is 0 Å². The molecule has 2 aromatic rings. The van der Waals surface area contributed by atoms with Crippen molar-refractivity contribution in [2.75, 3.05) is 33.4 Å². The van der Waals surface area contributed by atoms with E-state index in [9.17, 15) is 5.11 Å². The van der Waals surface area contributed by atoms with E-state index in [4.69, 9.17) is 20.9 Å². The summed E-state index contributed by atoms with van der Waals surface area (Å²) in [6.07, 6.45) is 1.62. The van der Waals surface area contributed by atoms with Crippen molar-refractivity contribution in [3.8, 4) is 11.4 Å². The number of ether oxygens (including phenoxy) is 1. The van der Waals surface area contributed by atoms with Crippen molar-refractivity contribution in [2.45, 2.75) is 19.4 Å². The van der Waals surface area contributed by atoms with Crippen LogP contribution < -0.4 is 10.6 Å². The van der Waals surface area contributed by atoms with Crippen LogP contribution >= 0.6 is 35.6 Å². The lowest BCUT2D eigenvalue weighted by Gasteiger charge is -2.27. The molecule has 0 saturated carbocycles. The summed E-state index contributed by atoms with van der Waals surface area (Å²) in [6, 6.07) is 7.29. The number of hydrogen-bond acceptors (Lipinski definition) is 6. The van der Waals surface area contributed by atoms with Gasteiger partial charge in [0.25, 0.3) is 0 Å². The van der Waals surface area contributed by atoms with E-state index >= 15 is 0 Å². The van der Waals surface area contributed by atoms with Gasteiger partial charge in [0.2, 0.25) is 11.7 Å². The average molecular weight is 522 g/mol. The van der Waals surface area contributed by atoms with Gasteiger partial charge in [0.15, 0.2) is 5.96 Å². The first kappa shape index (κ1) is 22.9. The van der Waals surface area contributed by atoms with Crippen molar-refractivity contribution in [3.05, 3.63) is 35.2 Å². The first-order chi connectivity index (χ1) is 13.1. The fourth-order valence-corrected chi connectivity index (χ4v) is 3.22. The molecule has 0 amide bonds. The van der Waals surface area contributed by atoms with Crippen molar-refractivity contribution in [3.63, 3.8) is 0 Å². The maximum Gasteiger partial charge on any atom is 0.246 e. The van der Waals surface area contributed by atoms with Crippen LogP contribution in [0.1, 0.15) is 18.7 Å². The van der Waals surface area contributed by atoms with Gasteiger partial charge in [0, 0.05) is 42.8 Å². The third kappa shape index (κ3) is 6.03. The van der Waals surface area contributed by atoms with E-state index in [0.29, 0.717) is 48.8 Å². The van der Waals surface area contributed by atoms with Crippen molar-refractivity contribution < 1.29 is 14.4 Å². The molecule has 0 aliphatic carbocycles. The van der Waals surface area contributed by atoms with E-state index < -0.39 is 0 Å². The van der Waals surface area contributed by atoms with Gasteiger partial charge in [-0.2, -0.15) is 4.98 Å². The molecule has 3 N–H and O–H groups in total. The number of halogens is 2. The van der Waals surface area contributed by atoms with Gasteiger partial charge in [0.1, 0.15) is 0 Å². The van der Waals surface area contributed by atoms with Gasteiger partial charge in [-0.1, -0.05) is 28.9 Å². The van der Waals surface area contributed by atoms with Gasteiger partial charge in [0.05, 0.1) is 13.2 Å². The molecular weight excluding hydrogens is 497 g/mol. The second-order valence-corrected chi connectivity index (χ2v) is 7.01. The van der Waals surface area contributed by atoms with Gasteiger partial charge >= 0.3 is 0 Å². The Labute approximate surface area is 186 Å². The molecule has 1 saturated heterocycles. The zero-order valence-corrected chi connectivity index (χ0v) is 18.7. The third-order valence-corrected chi connectivity index (χ3v) is 4.87. The monoisotopic (exact) mass is 521 g/mol. The summed E-state index contributed by atoms with van der Waals surface area (Å²) in [6.45, 7) is 2.53. The predicted molar refractivity (Wildman–Crippen MR) is 118 cm³/mol. The molecule has 1 aliphatic heterocycles. The van der Waals surface area contributed by atoms with Gasteiger partial charge in [-0.3, -0.25) is 4.99 Å². The minimum absolute atomic E-state index is 0. The molecule has 0 radical (unpaired) electrons. The Morgan fingerprint density at radius 3 is 2.93 bits per heavy atom. The maximum absolute atomic E-state index is 9.31. The van der Waals surface area contributed by atoms with Crippen molar-refractivity contribution >= 4 is 41.5 Å². The Bertz CT molecular complexity index is 780. The van der Waals surface area contributed by atoms with Crippen LogP contribution in [-0.4, -0.2) is 54.6 Å². The van der Waals surface area contributed by atoms with Gasteiger partial charge in [-0.05, 0) is 25.0 Å². The number of rotatable bonds is 7. The van der Waals surface area contributed by atoms with E-state index in [0.717, 1.165) is 18.6 Å². The number of benzene rings is 1. The summed E-state index contributed by atoms with van der Waals surface area (Å²) in [5, 5.41) is 20.4. The Kier molecular flexibility index (Phi) is 8.93. The Morgan fingerprint density at radius 2 is 2.25 bits per heavy atom. The molecule has 1 fully saturated rings. The van der Waals surface area contributed by atoms with E-state index in [1.807, 2.05) is 12.1 Å². The molecule has 0 spiro atoms. The van der Waals surface area contributed by atoms with E-state index in [1.54, 1.807) is 19.2 Å². The largest absolute Gasteiger partial charge is 0.396 e. The predicted octanol–water partition coefficient (Wildman–Crippen LogP) is 2.46. The number of aliphatic hydroxyl groups excluding tert-OH is 1. The summed E-state index contributed by atoms with van der Waals surface area (Å²) < 4.78 is 10.8. The van der Waals surface area contributed by atoms with Gasteiger partial charge in [-0.15, -0.1) is 24.0 Å². The minimum Gasteiger partial charge on any atom is -0.396 e. The van der Waals surface area contributed by atoms with Crippen LogP contribution in [0.2, 0.25) is 5.02 Å². The van der Waals surface area contributed by atoms with Crippen LogP contribution in [0, 0.1) is 5.41 Å². The molecule has 1 aliphatic rings. The van der Waals surface area contributed by atoms with Crippen LogP contribution in [0.5, 0.6) is 0 Å². The second-order valence-electron chi connectivity index (χ2n) is 6.58. The van der Waals surface area contributed by atoms with E-state index in [2.05, 4.69) is 25.8 Å². The molecule has 2 heterocycles. The molecule has 1 aromatic carbocycles. The number of nitrogens with one attached hydrogen (secondary N) is 2. The summed E-state index contributed by atoms with van der Waals surface area (Å²) in [5.41, 5.74) is 0.739. The molecule has 0 bridgehead atoms. The van der Waals surface area contributed by atoms with Crippen LogP contribution in [0.3, 0.4) is 0 Å². The number of nitrogens with zero attached hydrogens (tertiary/aromatic N) is 3. The first-order valence-electron chi connectivity index (χ1n) is 8.86. The molecule has 1 atom stereocenters. The van der Waals surface area contributed by atoms with Gasteiger partial charge in [-0.25, -0.2) is 0 Å². The third-order valence-electron chi connectivity index (χ3n) is 4.64. The minimum atomic E-state index is -0.0589. The number of aliphatic imine (C=N–C) groups is 1. The molecule has 10 heteroatoms. The maximum atomic E-state index is 9.31. The molecule has 3 rings (SSSR count). The topological polar surface area (TPSA) is 105 Å². The number of guanidine groups is 1. The highest BCUT2D eigenvalue weighted by Crippen LogP contribution is 2.31. The summed E-state index contributed by atoms with van der Waals surface area (Å²) in [5.74, 6) is 1.56. The van der Waals surface area contributed by atoms with Crippen molar-refractivity contribution in [2.24, 2.45) is 10.4 Å². The fourth-order valence-electron chi connectivity index (χ4n) is 3.03. The van der Waals surface area contributed by atoms with Gasteiger partial charge < -0.3 is 25.0 Å². The lowest BCUT2D eigenvalue weighted by atomic mass is 9.84. The van der Waals surface area contributed by atoms with Crippen LogP contribution in [0.25, 0.3) is 11.4 Å². The average Bonchev–Trinajstić information content (AvgIpc) is 3.32. The lowest BCUT2D eigenvalue weighted by Crippen LogP contribution is -2.44. The Morgan fingerprint density at radius 1 is 1.39 bits per heavy atom. The zero-order valence-electron chi connectivity index (χ0n) is 15.7. The molecule has 28 heavy (non-hydrogen) atoms. The summed E-state index contributed by atoms with van der Waals surface area (Å²) >= 11 is 6.00. The number of aliphatic hydroxyl groups is 1. The second kappa shape index (κ2) is 10.9. The molecule has 154 valence electrons. The molecule has 1 aromatic heterocycles. The smallest absolute Gasteiger partial charge is 0.246 e. The SMILES string of the molecule is CN=C(NCc1nc(-c2cccc(Cl)c2)no1)NCC1(CCO)CCOC1.I. The standard InChI is InChI=1S/C18H24ClN5O3.HI/c1-20-17(22-11-18(5-7-25)6-8-26-12-18)21-10-15-23-16(24-27-15)13-3-2-4-14(19)9-13;/h2-4,9,25H,5-8,10-12H2,1H3,(H2,20,21,22);1H. The van der Waals surface area contributed by atoms with Crippen molar-refractivity contribution in [1.82, 2.24) is 20.8 Å². The van der Waals surface area contributed by atoms with Crippen molar-refractivity contribution in [1.29, 1.82) is 0 Å². The fraction of sp³-hybridized carbons (Fsp3) is 0.500. The molecule has 8 nitrogen and oxygen atoms in total. The highest BCUT2D eigenvalue weighted by Gasteiger charge is 2.34. The normalized spacial score (nSPS) is 19.3. The highest BCUT2D eigenvalue weighted by molar-refractivity contribution is 14.0. The molecule has 1 unspecified atom stereocenters. The van der Waals surface area contributed by atoms with Crippen LogP contribution in [0.15, 0.2) is 33.8 Å². The first-order valence-corrected chi connectivity index (χ1v) is 9.24. The van der Waals surface area contributed by atoms with E-state index in [-0.39, 0.29) is 36.0 Å². The summed E-state index contributed by atoms with van der Waals surface area (Å²) in [7, 11) is 1.70. The Hall–Kier alpha value is -1.43. The summed E-state index contributed by atoms with van der Waals surface area (Å²) in [4.78, 5) is 8.59. The number of hydrogen-bond donors (Lipinski definition) is 3. The zero-order chi connectivity index (χ0) is 19.1. The highest BCUT2D eigenvalue weighted by atomic mass is 127. The molecular formula is C18H25ClIN5O3. The van der Waals surface area contributed by atoms with E-state index in [1.165, 1.54) is 0 Å². The lowest BCUT2D eigenvalue weighted by molar-refractivity contribution is 0.127. The Balaban J connectivity index is 0.00000280. The van der Waals surface area contributed by atoms with Crippen LogP contribution in [-0.2, 0) is 11.3 Å².